The van der Waals surface area contributed by atoms with Gasteiger partial charge in [-0.25, -0.2) is 9.97 Å². The zero-order valence-corrected chi connectivity index (χ0v) is 13.1. The summed E-state index contributed by atoms with van der Waals surface area (Å²) in [5, 5.41) is 3.43. The second-order valence-electron chi connectivity index (χ2n) is 5.46. The smallest absolute Gasteiger partial charge is 0.221 e. The Morgan fingerprint density at radius 3 is 2.87 bits per heavy atom. The van der Waals surface area contributed by atoms with E-state index in [1.807, 2.05) is 22.9 Å². The van der Waals surface area contributed by atoms with Gasteiger partial charge in [0.25, 0.3) is 0 Å². The van der Waals surface area contributed by atoms with Crippen molar-refractivity contribution in [1.29, 1.82) is 0 Å². The Morgan fingerprint density at radius 2 is 2.13 bits per heavy atom. The van der Waals surface area contributed by atoms with Crippen LogP contribution in [0.4, 0.5) is 5.13 Å². The molecule has 1 aliphatic rings. The molecule has 0 saturated carbocycles. The fraction of sp³-hybridized carbons (Fsp3) is 0.188. The summed E-state index contributed by atoms with van der Waals surface area (Å²) in [5.41, 5.74) is 8.86. The molecule has 4 rings (SSSR count). The van der Waals surface area contributed by atoms with Crippen LogP contribution in [0.3, 0.4) is 0 Å². The number of carbonyl (C=O) groups excluding carboxylic acids is 1. The first-order valence-corrected chi connectivity index (χ1v) is 8.12. The number of nitrogens with zero attached hydrogens (tertiary/aromatic N) is 3. The van der Waals surface area contributed by atoms with Crippen molar-refractivity contribution in [1.82, 2.24) is 19.9 Å². The summed E-state index contributed by atoms with van der Waals surface area (Å²) in [7, 11) is 0. The van der Waals surface area contributed by atoms with Gasteiger partial charge in [0.2, 0.25) is 5.91 Å². The zero-order valence-electron chi connectivity index (χ0n) is 12.3. The van der Waals surface area contributed by atoms with E-state index in [9.17, 15) is 4.79 Å². The first-order valence-electron chi connectivity index (χ1n) is 7.31. The van der Waals surface area contributed by atoms with Crippen LogP contribution in [0, 0.1) is 0 Å². The van der Waals surface area contributed by atoms with Gasteiger partial charge in [-0.2, -0.15) is 0 Å². The summed E-state index contributed by atoms with van der Waals surface area (Å²) in [5.74, 6) is 0.0385. The number of anilines is 1. The summed E-state index contributed by atoms with van der Waals surface area (Å²) in [6, 6.07) is 8.17. The molecular formula is C16H15N5OS. The molecule has 1 atom stereocenters. The van der Waals surface area contributed by atoms with Crippen molar-refractivity contribution in [3.63, 3.8) is 0 Å². The van der Waals surface area contributed by atoms with E-state index in [1.54, 1.807) is 12.5 Å². The molecule has 0 fully saturated rings. The summed E-state index contributed by atoms with van der Waals surface area (Å²) in [6.45, 7) is 0.450. The Balaban J connectivity index is 1.72. The number of benzene rings is 1. The van der Waals surface area contributed by atoms with Crippen LogP contribution < -0.4 is 11.1 Å². The first kappa shape index (κ1) is 14.0. The number of aromatic nitrogens is 3. The predicted molar refractivity (Wildman–Crippen MR) is 88.4 cm³/mol. The average Bonchev–Trinajstić information content (AvgIpc) is 3.18. The Labute approximate surface area is 137 Å². The van der Waals surface area contributed by atoms with Gasteiger partial charge < -0.3 is 15.6 Å². The molecule has 2 aromatic heterocycles. The molecule has 3 N–H and O–H groups in total. The fourth-order valence-corrected chi connectivity index (χ4v) is 3.85. The van der Waals surface area contributed by atoms with E-state index in [-0.39, 0.29) is 11.8 Å². The monoisotopic (exact) mass is 325 g/mol. The molecule has 1 aliphatic heterocycles. The molecule has 1 amide bonds. The van der Waals surface area contributed by atoms with Crippen LogP contribution in [-0.4, -0.2) is 20.4 Å². The maximum absolute atomic E-state index is 12.0. The number of rotatable bonds is 2. The van der Waals surface area contributed by atoms with Gasteiger partial charge in [0.15, 0.2) is 5.13 Å². The second-order valence-corrected chi connectivity index (χ2v) is 6.52. The van der Waals surface area contributed by atoms with Crippen molar-refractivity contribution in [2.75, 3.05) is 5.73 Å². The number of nitrogens with two attached hydrogens (primary N) is 1. The standard InChI is InChI=1S/C16H15N5OS/c17-16-20-13-8-19-14(22)7-12(15(13)23-16)10-1-3-11(4-2-10)21-6-5-18-9-21/h1-6,9,12H,7-8H2,(H2,17,20)(H,19,22). The third-order valence-corrected chi connectivity index (χ3v) is 5.04. The van der Waals surface area contributed by atoms with Crippen molar-refractivity contribution in [3.8, 4) is 5.69 Å². The van der Waals surface area contributed by atoms with Crippen LogP contribution >= 0.6 is 11.3 Å². The lowest BCUT2D eigenvalue weighted by atomic mass is 9.93. The molecule has 1 unspecified atom stereocenters. The van der Waals surface area contributed by atoms with E-state index < -0.39 is 0 Å². The highest BCUT2D eigenvalue weighted by Crippen LogP contribution is 2.37. The van der Waals surface area contributed by atoms with Gasteiger partial charge in [0, 0.05) is 35.3 Å². The van der Waals surface area contributed by atoms with E-state index in [1.165, 1.54) is 11.3 Å². The summed E-state index contributed by atoms with van der Waals surface area (Å²) in [6.07, 6.45) is 5.82. The number of nitrogens with one attached hydrogen (secondary N) is 1. The number of thiazole rings is 1. The maximum atomic E-state index is 12.0. The number of hydrogen-bond acceptors (Lipinski definition) is 5. The molecular weight excluding hydrogens is 310 g/mol. The van der Waals surface area contributed by atoms with Gasteiger partial charge in [-0.3, -0.25) is 4.79 Å². The van der Waals surface area contributed by atoms with Crippen LogP contribution in [0.15, 0.2) is 43.0 Å². The van der Waals surface area contributed by atoms with Gasteiger partial charge in [-0.05, 0) is 17.7 Å². The minimum Gasteiger partial charge on any atom is -0.375 e. The van der Waals surface area contributed by atoms with Gasteiger partial charge >= 0.3 is 0 Å². The number of amides is 1. The van der Waals surface area contributed by atoms with E-state index in [0.29, 0.717) is 18.1 Å². The molecule has 0 spiro atoms. The lowest BCUT2D eigenvalue weighted by molar-refractivity contribution is -0.121. The highest BCUT2D eigenvalue weighted by atomic mass is 32.1. The molecule has 0 aliphatic carbocycles. The van der Waals surface area contributed by atoms with Crippen molar-refractivity contribution in [3.05, 3.63) is 59.1 Å². The van der Waals surface area contributed by atoms with E-state index in [4.69, 9.17) is 5.73 Å². The van der Waals surface area contributed by atoms with Crippen molar-refractivity contribution < 1.29 is 4.79 Å². The number of imidazole rings is 1. The zero-order chi connectivity index (χ0) is 15.8. The van der Waals surface area contributed by atoms with Crippen LogP contribution in [0.25, 0.3) is 5.69 Å². The minimum atomic E-state index is -0.000799. The minimum absolute atomic E-state index is 0.000799. The largest absolute Gasteiger partial charge is 0.375 e. The molecule has 7 heteroatoms. The maximum Gasteiger partial charge on any atom is 0.221 e. The van der Waals surface area contributed by atoms with Gasteiger partial charge in [-0.15, -0.1) is 11.3 Å². The quantitative estimate of drug-likeness (QED) is 0.755. The van der Waals surface area contributed by atoms with Crippen LogP contribution in [0.1, 0.15) is 28.5 Å². The third-order valence-electron chi connectivity index (χ3n) is 4.00. The fourth-order valence-electron chi connectivity index (χ4n) is 2.87. The third kappa shape index (κ3) is 2.59. The lowest BCUT2D eigenvalue weighted by Crippen LogP contribution is -2.21. The summed E-state index contributed by atoms with van der Waals surface area (Å²) >= 11 is 1.47. The summed E-state index contributed by atoms with van der Waals surface area (Å²) in [4.78, 5) is 21.5. The number of nitrogen functional groups attached to an aromatic ring is 1. The van der Waals surface area contributed by atoms with Crippen LogP contribution in [0.2, 0.25) is 0 Å². The topological polar surface area (TPSA) is 85.8 Å². The number of carbonyl (C=O) groups is 1. The van der Waals surface area contributed by atoms with Gasteiger partial charge in [0.1, 0.15) is 0 Å². The lowest BCUT2D eigenvalue weighted by Gasteiger charge is -2.14. The van der Waals surface area contributed by atoms with Crippen molar-refractivity contribution in [2.45, 2.75) is 18.9 Å². The Kier molecular flexibility index (Phi) is 3.34. The van der Waals surface area contributed by atoms with Crippen molar-refractivity contribution >= 4 is 22.4 Å². The summed E-state index contributed by atoms with van der Waals surface area (Å²) < 4.78 is 1.94. The molecule has 0 saturated heterocycles. The number of fused-ring (bicyclic) bond motifs is 1. The Morgan fingerprint density at radius 1 is 1.30 bits per heavy atom. The molecule has 6 nitrogen and oxygen atoms in total. The highest BCUT2D eigenvalue weighted by Gasteiger charge is 2.27. The first-order chi connectivity index (χ1) is 11.2. The highest BCUT2D eigenvalue weighted by molar-refractivity contribution is 7.15. The predicted octanol–water partition coefficient (Wildman–Crippen LogP) is 2.06. The van der Waals surface area contributed by atoms with Crippen LogP contribution in [-0.2, 0) is 11.3 Å². The molecule has 23 heavy (non-hydrogen) atoms. The average molecular weight is 325 g/mol. The Hall–Kier alpha value is -2.67. The molecule has 3 heterocycles. The molecule has 3 aromatic rings. The molecule has 1 aromatic carbocycles. The second kappa shape index (κ2) is 5.51. The van der Waals surface area contributed by atoms with Crippen LogP contribution in [0.5, 0.6) is 0 Å². The molecule has 116 valence electrons. The van der Waals surface area contributed by atoms with E-state index in [0.717, 1.165) is 21.8 Å². The van der Waals surface area contributed by atoms with Crippen molar-refractivity contribution in [2.24, 2.45) is 0 Å². The Bertz CT molecular complexity index is 838. The van der Waals surface area contributed by atoms with Gasteiger partial charge in [0.05, 0.1) is 18.6 Å². The SMILES string of the molecule is Nc1nc2c(s1)C(c1ccc(-n3ccnc3)cc1)CC(=O)NC2. The molecule has 0 bridgehead atoms. The molecule has 0 radical (unpaired) electrons. The van der Waals surface area contributed by atoms with E-state index in [2.05, 4.69) is 27.4 Å². The van der Waals surface area contributed by atoms with E-state index >= 15 is 0 Å². The normalized spacial score (nSPS) is 17.4. The number of hydrogen-bond donors (Lipinski definition) is 2. The van der Waals surface area contributed by atoms with Gasteiger partial charge in [-0.1, -0.05) is 12.1 Å².